The van der Waals surface area contributed by atoms with Gasteiger partial charge in [0.05, 0.1) is 16.9 Å². The van der Waals surface area contributed by atoms with Crippen molar-refractivity contribution >= 4 is 17.3 Å². The molecule has 0 radical (unpaired) electrons. The van der Waals surface area contributed by atoms with Gasteiger partial charge in [-0.25, -0.2) is 0 Å². The zero-order valence-electron chi connectivity index (χ0n) is 15.9. The summed E-state index contributed by atoms with van der Waals surface area (Å²) in [5, 5.41) is 14.2. The van der Waals surface area contributed by atoms with E-state index in [1.54, 1.807) is 12.1 Å². The Labute approximate surface area is 159 Å². The van der Waals surface area contributed by atoms with Crippen LogP contribution in [0.4, 0.5) is 11.4 Å². The van der Waals surface area contributed by atoms with Crippen LogP contribution in [-0.4, -0.2) is 54.0 Å². The smallest absolute Gasteiger partial charge is 0.269 e. The minimum absolute atomic E-state index is 0.0675. The number of fused-ring (bicyclic) bond motifs is 3. The Morgan fingerprint density at radius 1 is 1.30 bits per heavy atom. The lowest BCUT2D eigenvalue weighted by molar-refractivity contribution is -0.384. The number of non-ortho nitro benzene ring substituents is 1. The second kappa shape index (κ2) is 7.46. The van der Waals surface area contributed by atoms with Crippen LogP contribution in [0.3, 0.4) is 0 Å². The zero-order chi connectivity index (χ0) is 19.0. The van der Waals surface area contributed by atoms with Crippen LogP contribution < -0.4 is 10.2 Å². The van der Waals surface area contributed by atoms with E-state index in [4.69, 9.17) is 0 Å². The molecule has 7 nitrogen and oxygen atoms in total. The molecule has 1 aromatic carbocycles. The molecule has 27 heavy (non-hydrogen) atoms. The van der Waals surface area contributed by atoms with E-state index in [9.17, 15) is 14.9 Å². The van der Waals surface area contributed by atoms with Crippen LogP contribution in [0.15, 0.2) is 18.2 Å². The lowest BCUT2D eigenvalue weighted by Gasteiger charge is -2.50. The Morgan fingerprint density at radius 3 is 2.78 bits per heavy atom. The van der Waals surface area contributed by atoms with E-state index in [0.717, 1.165) is 30.9 Å². The highest BCUT2D eigenvalue weighted by atomic mass is 16.6. The van der Waals surface area contributed by atoms with Crippen LogP contribution in [0, 0.1) is 16.0 Å². The van der Waals surface area contributed by atoms with E-state index in [1.165, 1.54) is 25.7 Å². The Hall–Kier alpha value is -2.15. The summed E-state index contributed by atoms with van der Waals surface area (Å²) in [6.45, 7) is 5.32. The molecule has 1 saturated carbocycles. The van der Waals surface area contributed by atoms with Crippen LogP contribution in [0.5, 0.6) is 0 Å². The topological polar surface area (TPSA) is 78.7 Å². The molecule has 1 N–H and O–H groups in total. The first-order chi connectivity index (χ1) is 13.1. The van der Waals surface area contributed by atoms with Gasteiger partial charge < -0.3 is 10.2 Å². The number of anilines is 1. The highest BCUT2D eigenvalue weighted by Gasteiger charge is 2.43. The van der Waals surface area contributed by atoms with Gasteiger partial charge in [0.1, 0.15) is 0 Å². The molecule has 1 amide bonds. The number of hydrogen-bond acceptors (Lipinski definition) is 5. The summed E-state index contributed by atoms with van der Waals surface area (Å²) in [5.74, 6) is -0.0958. The molecular formula is C20H28N4O3. The first kappa shape index (κ1) is 18.2. The van der Waals surface area contributed by atoms with E-state index < -0.39 is 0 Å². The quantitative estimate of drug-likeness (QED) is 0.648. The molecule has 0 bridgehead atoms. The number of piperazine rings is 1. The van der Waals surface area contributed by atoms with Crippen molar-refractivity contribution in [3.05, 3.63) is 33.9 Å². The SMILES string of the molecule is CCNC(=O)[C@@H]1Cc2cc([N+](=O)[O-])ccc2N2CCN(C3CCCC3)C[C@@H]12. The summed E-state index contributed by atoms with van der Waals surface area (Å²) in [7, 11) is 0. The number of nitrogens with zero attached hydrogens (tertiary/aromatic N) is 3. The van der Waals surface area contributed by atoms with Crippen molar-refractivity contribution in [3.8, 4) is 0 Å². The Balaban J connectivity index is 1.64. The number of carbonyl (C=O) groups is 1. The average Bonchev–Trinajstić information content (AvgIpc) is 3.21. The normalized spacial score (nSPS) is 25.7. The van der Waals surface area contributed by atoms with Crippen LogP contribution in [-0.2, 0) is 11.2 Å². The third-order valence-corrected chi connectivity index (χ3v) is 6.47. The molecule has 1 aliphatic carbocycles. The number of benzene rings is 1. The fraction of sp³-hybridized carbons (Fsp3) is 0.650. The third kappa shape index (κ3) is 3.40. The number of rotatable bonds is 4. The van der Waals surface area contributed by atoms with Gasteiger partial charge in [-0.05, 0) is 37.8 Å². The zero-order valence-corrected chi connectivity index (χ0v) is 15.9. The van der Waals surface area contributed by atoms with E-state index in [1.807, 2.05) is 13.0 Å². The summed E-state index contributed by atoms with van der Waals surface area (Å²) < 4.78 is 0. The summed E-state index contributed by atoms with van der Waals surface area (Å²) in [6.07, 6.45) is 5.72. The minimum atomic E-state index is -0.356. The fourth-order valence-corrected chi connectivity index (χ4v) is 5.15. The number of nitro groups is 1. The number of amides is 1. The van der Waals surface area contributed by atoms with Crippen LogP contribution in [0.25, 0.3) is 0 Å². The Bertz CT molecular complexity index is 732. The van der Waals surface area contributed by atoms with Gasteiger partial charge >= 0.3 is 0 Å². The molecule has 146 valence electrons. The molecule has 1 saturated heterocycles. The molecule has 0 spiro atoms. The summed E-state index contributed by atoms with van der Waals surface area (Å²) >= 11 is 0. The number of nitro benzene ring substituents is 1. The third-order valence-electron chi connectivity index (χ3n) is 6.47. The van der Waals surface area contributed by atoms with Gasteiger partial charge in [0.15, 0.2) is 0 Å². The summed E-state index contributed by atoms with van der Waals surface area (Å²) in [4.78, 5) is 28.6. The Kier molecular flexibility index (Phi) is 5.04. The van der Waals surface area contributed by atoms with Crippen molar-refractivity contribution in [2.45, 2.75) is 51.1 Å². The molecule has 2 aliphatic heterocycles. The maximum atomic E-state index is 12.8. The van der Waals surface area contributed by atoms with Gasteiger partial charge in [0.25, 0.3) is 5.69 Å². The highest BCUT2D eigenvalue weighted by molar-refractivity contribution is 5.82. The van der Waals surface area contributed by atoms with Crippen molar-refractivity contribution in [2.24, 2.45) is 5.92 Å². The van der Waals surface area contributed by atoms with Crippen LogP contribution in [0.2, 0.25) is 0 Å². The van der Waals surface area contributed by atoms with Gasteiger partial charge in [0, 0.05) is 50.0 Å². The van der Waals surface area contributed by atoms with Gasteiger partial charge in [-0.2, -0.15) is 0 Å². The molecule has 4 rings (SSSR count). The summed E-state index contributed by atoms with van der Waals surface area (Å²) in [6, 6.07) is 5.91. The molecule has 2 atom stereocenters. The average molecular weight is 372 g/mol. The molecular weight excluding hydrogens is 344 g/mol. The van der Waals surface area contributed by atoms with E-state index >= 15 is 0 Å². The van der Waals surface area contributed by atoms with Gasteiger partial charge in [0.2, 0.25) is 5.91 Å². The van der Waals surface area contributed by atoms with E-state index in [-0.39, 0.29) is 28.5 Å². The predicted octanol–water partition coefficient (Wildman–Crippen LogP) is 2.34. The molecule has 2 fully saturated rings. The molecule has 7 heteroatoms. The molecule has 1 aromatic rings. The van der Waals surface area contributed by atoms with Gasteiger partial charge in [-0.3, -0.25) is 19.8 Å². The van der Waals surface area contributed by atoms with Crippen molar-refractivity contribution in [2.75, 3.05) is 31.1 Å². The Morgan fingerprint density at radius 2 is 2.07 bits per heavy atom. The summed E-state index contributed by atoms with van der Waals surface area (Å²) in [5.41, 5.74) is 2.09. The molecule has 3 aliphatic rings. The van der Waals surface area contributed by atoms with E-state index in [2.05, 4.69) is 15.1 Å². The van der Waals surface area contributed by atoms with Gasteiger partial charge in [-0.15, -0.1) is 0 Å². The lowest BCUT2D eigenvalue weighted by atomic mass is 9.83. The highest BCUT2D eigenvalue weighted by Crippen LogP contribution is 2.39. The largest absolute Gasteiger partial charge is 0.365 e. The van der Waals surface area contributed by atoms with Crippen molar-refractivity contribution < 1.29 is 9.72 Å². The number of hydrogen-bond donors (Lipinski definition) is 1. The first-order valence-electron chi connectivity index (χ1n) is 10.1. The fourth-order valence-electron chi connectivity index (χ4n) is 5.15. The van der Waals surface area contributed by atoms with E-state index in [0.29, 0.717) is 19.0 Å². The second-order valence-corrected chi connectivity index (χ2v) is 7.97. The first-order valence-corrected chi connectivity index (χ1v) is 10.1. The van der Waals surface area contributed by atoms with Crippen molar-refractivity contribution in [3.63, 3.8) is 0 Å². The molecule has 0 unspecified atom stereocenters. The predicted molar refractivity (Wildman–Crippen MR) is 104 cm³/mol. The van der Waals surface area contributed by atoms with Gasteiger partial charge in [-0.1, -0.05) is 12.8 Å². The second-order valence-electron chi connectivity index (χ2n) is 7.97. The minimum Gasteiger partial charge on any atom is -0.365 e. The van der Waals surface area contributed by atoms with Crippen LogP contribution >= 0.6 is 0 Å². The lowest BCUT2D eigenvalue weighted by Crippen LogP contribution is -2.62. The molecule has 2 heterocycles. The number of nitrogens with one attached hydrogen (secondary N) is 1. The number of carbonyl (C=O) groups excluding carboxylic acids is 1. The maximum absolute atomic E-state index is 12.8. The monoisotopic (exact) mass is 372 g/mol. The van der Waals surface area contributed by atoms with Crippen LogP contribution in [0.1, 0.15) is 38.2 Å². The maximum Gasteiger partial charge on any atom is 0.269 e. The molecule has 0 aromatic heterocycles. The van der Waals surface area contributed by atoms with Crippen molar-refractivity contribution in [1.29, 1.82) is 0 Å². The standard InChI is InChI=1S/C20H28N4O3/c1-2-21-20(25)17-12-14-11-16(24(26)27)7-8-18(14)23-10-9-22(13-19(17)23)15-5-3-4-6-15/h7-8,11,15,17,19H,2-6,9-10,12-13H2,1H3,(H,21,25)/t17-,19+/m1/s1. The van der Waals surface area contributed by atoms with Crippen molar-refractivity contribution in [1.82, 2.24) is 10.2 Å².